The van der Waals surface area contributed by atoms with Gasteiger partial charge in [0.2, 0.25) is 0 Å². The molecule has 0 fully saturated rings. The lowest BCUT2D eigenvalue weighted by Gasteiger charge is -2.32. The van der Waals surface area contributed by atoms with Gasteiger partial charge in [-0.3, -0.25) is 4.90 Å². The summed E-state index contributed by atoms with van der Waals surface area (Å²) in [7, 11) is 0. The minimum atomic E-state index is -1.56. The number of ether oxygens (including phenoxy) is 1. The second-order valence-electron chi connectivity index (χ2n) is 5.93. The number of carboxylic acids is 1. The molecule has 26 heavy (non-hydrogen) atoms. The predicted octanol–water partition coefficient (Wildman–Crippen LogP) is 4.65. The first-order valence-electron chi connectivity index (χ1n) is 7.98. The molecule has 0 aromatic heterocycles. The van der Waals surface area contributed by atoms with Crippen molar-refractivity contribution in [1.29, 1.82) is 0 Å². The van der Waals surface area contributed by atoms with Crippen LogP contribution in [0.5, 0.6) is 0 Å². The summed E-state index contributed by atoms with van der Waals surface area (Å²) in [6.45, 7) is 3.23. The van der Waals surface area contributed by atoms with Gasteiger partial charge in [-0.1, -0.05) is 54.1 Å². The molecule has 0 heterocycles. The zero-order valence-electron chi connectivity index (χ0n) is 14.4. The number of aliphatic carboxylic acids is 1. The van der Waals surface area contributed by atoms with Crippen molar-refractivity contribution in [3.05, 3.63) is 70.5 Å². The number of halogens is 2. The molecule has 0 saturated carbocycles. The molecule has 0 aliphatic rings. The number of rotatable bonds is 6. The second kappa shape index (κ2) is 8.67. The van der Waals surface area contributed by atoms with Crippen LogP contribution >= 0.6 is 11.6 Å². The fraction of sp³-hybridized carbons (Fsp3) is 0.263. The van der Waals surface area contributed by atoms with E-state index in [4.69, 9.17) is 16.3 Å². The summed E-state index contributed by atoms with van der Waals surface area (Å²) in [5.74, 6) is -2.25. The van der Waals surface area contributed by atoms with Gasteiger partial charge in [0.1, 0.15) is 12.4 Å². The van der Waals surface area contributed by atoms with Gasteiger partial charge in [-0.25, -0.2) is 14.0 Å². The smallest absolute Gasteiger partial charge is 0.411 e. The highest BCUT2D eigenvalue weighted by molar-refractivity contribution is 6.30. The van der Waals surface area contributed by atoms with Crippen molar-refractivity contribution in [2.24, 2.45) is 0 Å². The third kappa shape index (κ3) is 4.52. The fourth-order valence-electron chi connectivity index (χ4n) is 2.54. The summed E-state index contributed by atoms with van der Waals surface area (Å²) < 4.78 is 19.6. The first kappa shape index (κ1) is 19.7. The molecule has 1 unspecified atom stereocenters. The van der Waals surface area contributed by atoms with E-state index in [-0.39, 0.29) is 17.2 Å². The van der Waals surface area contributed by atoms with Gasteiger partial charge in [-0.2, -0.15) is 0 Å². The van der Waals surface area contributed by atoms with E-state index in [1.807, 2.05) is 6.07 Å². The average molecular weight is 380 g/mol. The van der Waals surface area contributed by atoms with Crippen molar-refractivity contribution in [3.8, 4) is 0 Å². The summed E-state index contributed by atoms with van der Waals surface area (Å²) in [6, 6.07) is 10.9. The van der Waals surface area contributed by atoms with Crippen LogP contribution in [0.1, 0.15) is 31.0 Å². The normalized spacial score (nSPS) is 11.9. The largest absolute Gasteiger partial charge is 0.479 e. The number of nitrogens with zero attached hydrogens (tertiary/aromatic N) is 1. The quantitative estimate of drug-likeness (QED) is 0.793. The number of hydrogen-bond acceptors (Lipinski definition) is 3. The number of carbonyl (C=O) groups excluding carboxylic acids is 1. The van der Waals surface area contributed by atoms with Crippen molar-refractivity contribution in [2.75, 3.05) is 0 Å². The Morgan fingerprint density at radius 1 is 1.15 bits per heavy atom. The molecular formula is C19H19ClFNO4. The van der Waals surface area contributed by atoms with Crippen LogP contribution in [0.3, 0.4) is 0 Å². The molecule has 2 aromatic carbocycles. The molecule has 1 atom stereocenters. The molecule has 0 saturated heterocycles. The topological polar surface area (TPSA) is 66.8 Å². The molecule has 1 N–H and O–H groups in total. The lowest BCUT2D eigenvalue weighted by Crippen LogP contribution is -2.44. The fourth-order valence-corrected chi connectivity index (χ4v) is 2.72. The molecular weight excluding hydrogens is 361 g/mol. The number of amides is 1. The average Bonchev–Trinajstić information content (AvgIpc) is 2.60. The van der Waals surface area contributed by atoms with E-state index in [2.05, 4.69) is 0 Å². The monoisotopic (exact) mass is 379 g/mol. The standard InChI is InChI=1S/C19H19ClFNO4/c1-12(2)22(19(25)26-11-13-7-4-3-5-8-13)17(18(23)24)14-9-6-10-15(20)16(14)21/h3-10,12,17H,11H2,1-2H3,(H,23,24). The maximum Gasteiger partial charge on any atom is 0.411 e. The van der Waals surface area contributed by atoms with Crippen LogP contribution in [0.4, 0.5) is 9.18 Å². The highest BCUT2D eigenvalue weighted by atomic mass is 35.5. The van der Waals surface area contributed by atoms with Crippen LogP contribution in [-0.2, 0) is 16.1 Å². The summed E-state index contributed by atoms with van der Waals surface area (Å²) in [6.07, 6.45) is -0.851. The van der Waals surface area contributed by atoms with E-state index < -0.39 is 30.0 Å². The minimum Gasteiger partial charge on any atom is -0.479 e. The number of benzene rings is 2. The van der Waals surface area contributed by atoms with Gasteiger partial charge >= 0.3 is 12.1 Å². The SMILES string of the molecule is CC(C)N(C(=O)OCc1ccccc1)C(C(=O)O)c1cccc(Cl)c1F. The molecule has 0 aliphatic heterocycles. The molecule has 0 bridgehead atoms. The first-order chi connectivity index (χ1) is 12.3. The number of carboxylic acid groups (broad SMARTS) is 1. The van der Waals surface area contributed by atoms with Crippen LogP contribution in [-0.4, -0.2) is 28.1 Å². The van der Waals surface area contributed by atoms with Gasteiger partial charge < -0.3 is 9.84 Å². The van der Waals surface area contributed by atoms with Gasteiger partial charge in [-0.05, 0) is 25.5 Å². The third-order valence-electron chi connectivity index (χ3n) is 3.76. The molecule has 7 heteroatoms. The number of hydrogen-bond donors (Lipinski definition) is 1. The van der Waals surface area contributed by atoms with Crippen LogP contribution in [0.15, 0.2) is 48.5 Å². The molecule has 0 spiro atoms. The molecule has 2 aromatic rings. The first-order valence-corrected chi connectivity index (χ1v) is 8.36. The molecule has 1 amide bonds. The zero-order chi connectivity index (χ0) is 19.3. The minimum absolute atomic E-state index is 0.0206. The Hall–Kier alpha value is -2.60. The van der Waals surface area contributed by atoms with Gasteiger partial charge in [0.15, 0.2) is 6.04 Å². The van der Waals surface area contributed by atoms with Crippen molar-refractivity contribution >= 4 is 23.7 Å². The third-order valence-corrected chi connectivity index (χ3v) is 4.05. The van der Waals surface area contributed by atoms with Crippen molar-refractivity contribution < 1.29 is 23.8 Å². The summed E-state index contributed by atoms with van der Waals surface area (Å²) in [4.78, 5) is 25.4. The van der Waals surface area contributed by atoms with E-state index in [1.54, 1.807) is 38.1 Å². The van der Waals surface area contributed by atoms with Crippen LogP contribution in [0.25, 0.3) is 0 Å². The van der Waals surface area contributed by atoms with E-state index in [9.17, 15) is 19.1 Å². The maximum atomic E-state index is 14.4. The Bertz CT molecular complexity index is 782. The second-order valence-corrected chi connectivity index (χ2v) is 6.33. The summed E-state index contributed by atoms with van der Waals surface area (Å²) >= 11 is 5.77. The Balaban J connectivity index is 2.31. The van der Waals surface area contributed by atoms with E-state index in [0.29, 0.717) is 0 Å². The molecule has 5 nitrogen and oxygen atoms in total. The van der Waals surface area contributed by atoms with Crippen LogP contribution in [0.2, 0.25) is 5.02 Å². The van der Waals surface area contributed by atoms with Gasteiger partial charge in [0, 0.05) is 11.6 Å². The highest BCUT2D eigenvalue weighted by Crippen LogP contribution is 2.30. The molecule has 2 rings (SSSR count). The van der Waals surface area contributed by atoms with Gasteiger partial charge in [-0.15, -0.1) is 0 Å². The van der Waals surface area contributed by atoms with Gasteiger partial charge in [0.25, 0.3) is 0 Å². The van der Waals surface area contributed by atoms with Crippen molar-refractivity contribution in [2.45, 2.75) is 32.5 Å². The lowest BCUT2D eigenvalue weighted by atomic mass is 10.0. The Morgan fingerprint density at radius 3 is 2.38 bits per heavy atom. The summed E-state index contributed by atoms with van der Waals surface area (Å²) in [5, 5.41) is 9.42. The van der Waals surface area contributed by atoms with E-state index >= 15 is 0 Å². The Kier molecular flexibility index (Phi) is 6.58. The Morgan fingerprint density at radius 2 is 1.81 bits per heavy atom. The molecule has 0 aliphatic carbocycles. The van der Waals surface area contributed by atoms with E-state index in [0.717, 1.165) is 10.5 Å². The highest BCUT2D eigenvalue weighted by Gasteiger charge is 2.36. The van der Waals surface area contributed by atoms with Crippen LogP contribution < -0.4 is 0 Å². The van der Waals surface area contributed by atoms with Crippen molar-refractivity contribution in [1.82, 2.24) is 4.90 Å². The lowest BCUT2D eigenvalue weighted by molar-refractivity contribution is -0.143. The Labute approximate surface area is 156 Å². The molecule has 0 radical (unpaired) electrons. The van der Waals surface area contributed by atoms with Crippen LogP contribution in [0, 0.1) is 5.82 Å². The zero-order valence-corrected chi connectivity index (χ0v) is 15.1. The number of carbonyl (C=O) groups is 2. The molecule has 138 valence electrons. The predicted molar refractivity (Wildman–Crippen MR) is 95.4 cm³/mol. The summed E-state index contributed by atoms with van der Waals surface area (Å²) in [5.41, 5.74) is 0.556. The van der Waals surface area contributed by atoms with Gasteiger partial charge in [0.05, 0.1) is 5.02 Å². The maximum absolute atomic E-state index is 14.4. The van der Waals surface area contributed by atoms with E-state index in [1.165, 1.54) is 18.2 Å². The van der Waals surface area contributed by atoms with Crippen molar-refractivity contribution in [3.63, 3.8) is 0 Å².